The van der Waals surface area contributed by atoms with Gasteiger partial charge >= 0.3 is 0 Å². The smallest absolute Gasteiger partial charge is 0.171 e. The summed E-state index contributed by atoms with van der Waals surface area (Å²) in [6.07, 6.45) is 8.39. The van der Waals surface area contributed by atoms with Crippen molar-refractivity contribution in [1.82, 2.24) is 5.32 Å². The second kappa shape index (κ2) is 5.23. The number of hydrogen-bond donors (Lipinski definition) is 2. The number of thiocarbonyl (C=S) groups is 1. The Kier molecular flexibility index (Phi) is 3.44. The van der Waals surface area contributed by atoms with Crippen molar-refractivity contribution in [3.63, 3.8) is 0 Å². The molecule has 0 atom stereocenters. The molecule has 4 bridgehead atoms. The Morgan fingerprint density at radius 2 is 1.59 bits per heavy atom. The fourth-order valence-corrected chi connectivity index (χ4v) is 5.82. The first kappa shape index (κ1) is 14.5. The van der Waals surface area contributed by atoms with Crippen molar-refractivity contribution in [3.8, 4) is 0 Å². The number of nitrogens with one attached hydrogen (secondary N) is 2. The lowest BCUT2D eigenvalue weighted by molar-refractivity contribution is -0.00972. The predicted octanol–water partition coefficient (Wildman–Crippen LogP) is 4.56. The molecule has 1 aromatic rings. The van der Waals surface area contributed by atoms with Crippen LogP contribution in [-0.4, -0.2) is 10.7 Å². The van der Waals surface area contributed by atoms with E-state index in [-0.39, 0.29) is 0 Å². The van der Waals surface area contributed by atoms with E-state index in [1.54, 1.807) is 0 Å². The Morgan fingerprint density at radius 3 is 2.14 bits per heavy atom. The summed E-state index contributed by atoms with van der Waals surface area (Å²) >= 11 is 5.63. The van der Waals surface area contributed by atoms with Crippen LogP contribution in [0.1, 0.15) is 49.7 Å². The van der Waals surface area contributed by atoms with Gasteiger partial charge in [0.2, 0.25) is 0 Å². The van der Waals surface area contributed by atoms with E-state index in [0.29, 0.717) is 5.54 Å². The molecule has 4 saturated carbocycles. The lowest BCUT2D eigenvalue weighted by Crippen LogP contribution is -2.60. The lowest BCUT2D eigenvalue weighted by Gasteiger charge is -2.57. The molecule has 5 rings (SSSR count). The zero-order chi connectivity index (χ0) is 15.3. The molecule has 0 unspecified atom stereocenters. The average molecular weight is 314 g/mol. The van der Waals surface area contributed by atoms with E-state index in [1.807, 2.05) is 0 Å². The van der Waals surface area contributed by atoms with Crippen molar-refractivity contribution >= 4 is 23.0 Å². The van der Waals surface area contributed by atoms with Crippen LogP contribution in [0.2, 0.25) is 0 Å². The molecule has 0 amide bonds. The van der Waals surface area contributed by atoms with Gasteiger partial charge in [-0.3, -0.25) is 0 Å². The normalized spacial score (nSPS) is 35.5. The Labute approximate surface area is 139 Å². The molecule has 22 heavy (non-hydrogen) atoms. The van der Waals surface area contributed by atoms with Crippen molar-refractivity contribution in [1.29, 1.82) is 0 Å². The Hall–Kier alpha value is -1.09. The molecule has 0 heterocycles. The first-order chi connectivity index (χ1) is 10.5. The van der Waals surface area contributed by atoms with Crippen molar-refractivity contribution in [2.24, 2.45) is 17.8 Å². The number of benzene rings is 1. The quantitative estimate of drug-likeness (QED) is 0.783. The summed E-state index contributed by atoms with van der Waals surface area (Å²) in [6, 6.07) is 6.46. The lowest BCUT2D eigenvalue weighted by atomic mass is 9.53. The summed E-state index contributed by atoms with van der Waals surface area (Å²) in [5, 5.41) is 7.94. The molecule has 0 radical (unpaired) electrons. The highest BCUT2D eigenvalue weighted by atomic mass is 32.1. The second-order valence-corrected chi connectivity index (χ2v) is 8.48. The molecule has 0 aromatic heterocycles. The molecule has 4 fully saturated rings. The van der Waals surface area contributed by atoms with E-state index < -0.39 is 0 Å². The van der Waals surface area contributed by atoms with Crippen LogP contribution >= 0.6 is 12.2 Å². The highest BCUT2D eigenvalue weighted by Crippen LogP contribution is 2.55. The Balaban J connectivity index is 1.44. The minimum Gasteiger partial charge on any atom is -0.357 e. The molecule has 0 aliphatic heterocycles. The third kappa shape index (κ3) is 2.64. The topological polar surface area (TPSA) is 24.1 Å². The van der Waals surface area contributed by atoms with Gasteiger partial charge in [0.25, 0.3) is 0 Å². The fourth-order valence-electron chi connectivity index (χ4n) is 5.49. The van der Waals surface area contributed by atoms with Crippen LogP contribution in [0.3, 0.4) is 0 Å². The zero-order valence-corrected chi connectivity index (χ0v) is 14.4. The molecule has 118 valence electrons. The first-order valence-electron chi connectivity index (χ1n) is 8.68. The summed E-state index contributed by atoms with van der Waals surface area (Å²) in [7, 11) is 0. The van der Waals surface area contributed by atoms with Gasteiger partial charge in [-0.2, -0.15) is 0 Å². The third-order valence-electron chi connectivity index (χ3n) is 6.18. The zero-order valence-electron chi connectivity index (χ0n) is 13.6. The van der Waals surface area contributed by atoms with Crippen LogP contribution in [0, 0.1) is 31.6 Å². The van der Waals surface area contributed by atoms with Gasteiger partial charge in [-0.15, -0.1) is 0 Å². The van der Waals surface area contributed by atoms with Crippen LogP contribution in [-0.2, 0) is 0 Å². The molecule has 4 aliphatic rings. The van der Waals surface area contributed by atoms with Crippen molar-refractivity contribution < 1.29 is 0 Å². The summed E-state index contributed by atoms with van der Waals surface area (Å²) in [4.78, 5) is 0. The molecule has 1 aromatic carbocycles. The van der Waals surface area contributed by atoms with Gasteiger partial charge < -0.3 is 10.6 Å². The molecule has 0 saturated heterocycles. The Morgan fingerprint density at radius 1 is 1.00 bits per heavy atom. The molecule has 2 nitrogen and oxygen atoms in total. The van der Waals surface area contributed by atoms with Crippen LogP contribution in [0.25, 0.3) is 0 Å². The Bertz CT molecular complexity index is 572. The summed E-state index contributed by atoms with van der Waals surface area (Å²) < 4.78 is 0. The van der Waals surface area contributed by atoms with Crippen LogP contribution < -0.4 is 10.6 Å². The monoisotopic (exact) mass is 314 g/mol. The van der Waals surface area contributed by atoms with Gasteiger partial charge in [0.05, 0.1) is 0 Å². The van der Waals surface area contributed by atoms with E-state index in [0.717, 1.165) is 28.6 Å². The van der Waals surface area contributed by atoms with E-state index in [4.69, 9.17) is 12.2 Å². The number of anilines is 1. The number of rotatable bonds is 2. The van der Waals surface area contributed by atoms with E-state index >= 15 is 0 Å². The van der Waals surface area contributed by atoms with E-state index in [2.05, 4.69) is 42.7 Å². The van der Waals surface area contributed by atoms with Crippen molar-refractivity contribution in [2.45, 2.75) is 57.9 Å². The van der Waals surface area contributed by atoms with Gasteiger partial charge in [-0.25, -0.2) is 0 Å². The molecular formula is C19H26N2S. The molecular weight excluding hydrogens is 288 g/mol. The molecule has 3 heteroatoms. The van der Waals surface area contributed by atoms with Crippen LogP contribution in [0.5, 0.6) is 0 Å². The minimum atomic E-state index is 0.290. The maximum absolute atomic E-state index is 5.63. The largest absolute Gasteiger partial charge is 0.357 e. The SMILES string of the molecule is Cc1ccc(NC(=S)NC23CC4CC(CC(C4)C2)C3)cc1C. The standard InChI is InChI=1S/C19H26N2S/c1-12-3-4-17(5-13(12)2)20-18(22)21-19-9-14-6-15(10-19)8-16(7-14)11-19/h3-5,14-16H,6-11H2,1-2H3,(H2,20,21,22). The van der Waals surface area contributed by atoms with Crippen molar-refractivity contribution in [2.75, 3.05) is 5.32 Å². The highest BCUT2D eigenvalue weighted by molar-refractivity contribution is 7.80. The number of aryl methyl sites for hydroxylation is 2. The maximum atomic E-state index is 5.63. The number of hydrogen-bond acceptors (Lipinski definition) is 1. The van der Waals surface area contributed by atoms with Gasteiger partial charge in [0, 0.05) is 11.2 Å². The van der Waals surface area contributed by atoms with Crippen LogP contribution in [0.15, 0.2) is 18.2 Å². The van der Waals surface area contributed by atoms with Gasteiger partial charge in [-0.05, 0) is 106 Å². The van der Waals surface area contributed by atoms with Gasteiger partial charge in [-0.1, -0.05) is 6.07 Å². The summed E-state index contributed by atoms with van der Waals surface area (Å²) in [5.41, 5.74) is 4.02. The average Bonchev–Trinajstić information content (AvgIpc) is 2.40. The third-order valence-corrected chi connectivity index (χ3v) is 6.39. The first-order valence-corrected chi connectivity index (χ1v) is 9.09. The highest BCUT2D eigenvalue weighted by Gasteiger charge is 2.51. The molecule has 0 spiro atoms. The van der Waals surface area contributed by atoms with E-state index in [9.17, 15) is 0 Å². The summed E-state index contributed by atoms with van der Waals surface area (Å²) in [5.74, 6) is 2.84. The van der Waals surface area contributed by atoms with Gasteiger partial charge in [0.1, 0.15) is 0 Å². The van der Waals surface area contributed by atoms with Crippen LogP contribution in [0.4, 0.5) is 5.69 Å². The summed E-state index contributed by atoms with van der Waals surface area (Å²) in [6.45, 7) is 4.29. The van der Waals surface area contributed by atoms with Gasteiger partial charge in [0.15, 0.2) is 5.11 Å². The molecule has 4 aliphatic carbocycles. The molecule has 2 N–H and O–H groups in total. The minimum absolute atomic E-state index is 0.290. The fraction of sp³-hybridized carbons (Fsp3) is 0.632. The predicted molar refractivity (Wildman–Crippen MR) is 96.2 cm³/mol. The maximum Gasteiger partial charge on any atom is 0.171 e. The second-order valence-electron chi connectivity index (χ2n) is 8.08. The van der Waals surface area contributed by atoms with Crippen molar-refractivity contribution in [3.05, 3.63) is 29.3 Å². The van der Waals surface area contributed by atoms with E-state index in [1.165, 1.54) is 49.7 Å².